The van der Waals surface area contributed by atoms with Gasteiger partial charge in [-0.3, -0.25) is 4.90 Å². The Kier molecular flexibility index (Phi) is 6.00. The second-order valence-electron chi connectivity index (χ2n) is 9.93. The molecule has 0 bridgehead atoms. The van der Waals surface area contributed by atoms with E-state index in [1.54, 1.807) is 4.88 Å². The van der Waals surface area contributed by atoms with Crippen molar-refractivity contribution in [2.75, 3.05) is 31.6 Å². The molecule has 1 aliphatic heterocycles. The minimum absolute atomic E-state index is 0.515. The monoisotopic (exact) mass is 428 g/mol. The van der Waals surface area contributed by atoms with Crippen LogP contribution in [0.15, 0.2) is 0 Å². The van der Waals surface area contributed by atoms with Crippen LogP contribution in [0.2, 0.25) is 0 Å². The van der Waals surface area contributed by atoms with Crippen LogP contribution in [0.4, 0.5) is 5.82 Å². The van der Waals surface area contributed by atoms with Gasteiger partial charge in [0.05, 0.1) is 25.1 Å². The fraction of sp³-hybridized carbons (Fsp3) is 0.750. The van der Waals surface area contributed by atoms with Gasteiger partial charge in [-0.25, -0.2) is 9.97 Å². The highest BCUT2D eigenvalue weighted by molar-refractivity contribution is 7.19. The molecule has 2 aromatic heterocycles. The third kappa shape index (κ3) is 4.11. The third-order valence-electron chi connectivity index (χ3n) is 7.70. The van der Waals surface area contributed by atoms with Crippen molar-refractivity contribution < 1.29 is 4.74 Å². The third-order valence-corrected chi connectivity index (χ3v) is 8.85. The zero-order valence-corrected chi connectivity index (χ0v) is 19.6. The van der Waals surface area contributed by atoms with Crippen LogP contribution in [0.3, 0.4) is 0 Å². The molecule has 164 valence electrons. The molecule has 1 saturated heterocycles. The molecule has 0 spiro atoms. The maximum Gasteiger partial charge on any atom is 0.146 e. The quantitative estimate of drug-likeness (QED) is 0.752. The Balaban J connectivity index is 1.51. The topological polar surface area (TPSA) is 50.3 Å². The highest BCUT2D eigenvalue weighted by atomic mass is 32.1. The molecule has 2 aliphatic carbocycles. The maximum absolute atomic E-state index is 5.53. The second-order valence-corrected chi connectivity index (χ2v) is 11.0. The fourth-order valence-electron chi connectivity index (χ4n) is 5.48. The van der Waals surface area contributed by atoms with Gasteiger partial charge in [0.15, 0.2) is 0 Å². The molecule has 5 nitrogen and oxygen atoms in total. The van der Waals surface area contributed by atoms with E-state index in [4.69, 9.17) is 14.7 Å². The molecular weight excluding hydrogens is 392 g/mol. The molecule has 0 unspecified atom stereocenters. The zero-order chi connectivity index (χ0) is 20.7. The van der Waals surface area contributed by atoms with Crippen molar-refractivity contribution in [3.63, 3.8) is 0 Å². The van der Waals surface area contributed by atoms with E-state index in [0.717, 1.165) is 56.3 Å². The SMILES string of the molecule is C[C@H]1CCc2c(sc3nc(CN4CCOCC4)nc(N[C@@H]4CCC[C@@H](C)[C@@H]4C)c23)C1. The molecule has 3 aliphatic rings. The molecule has 5 rings (SSSR count). The van der Waals surface area contributed by atoms with Gasteiger partial charge in [-0.2, -0.15) is 0 Å². The lowest BCUT2D eigenvalue weighted by Gasteiger charge is -2.35. The van der Waals surface area contributed by atoms with Gasteiger partial charge in [-0.15, -0.1) is 11.3 Å². The lowest BCUT2D eigenvalue weighted by molar-refractivity contribution is 0.0331. The largest absolute Gasteiger partial charge is 0.379 e. The number of thiophene rings is 1. The van der Waals surface area contributed by atoms with Crippen LogP contribution in [0.1, 0.15) is 62.7 Å². The molecule has 0 aromatic carbocycles. The van der Waals surface area contributed by atoms with Gasteiger partial charge in [0.2, 0.25) is 0 Å². The van der Waals surface area contributed by atoms with E-state index < -0.39 is 0 Å². The molecule has 2 fully saturated rings. The predicted molar refractivity (Wildman–Crippen MR) is 124 cm³/mol. The summed E-state index contributed by atoms with van der Waals surface area (Å²) in [5.74, 6) is 4.32. The minimum Gasteiger partial charge on any atom is -0.379 e. The molecule has 6 heteroatoms. The van der Waals surface area contributed by atoms with E-state index in [-0.39, 0.29) is 0 Å². The van der Waals surface area contributed by atoms with E-state index in [2.05, 4.69) is 31.0 Å². The summed E-state index contributed by atoms with van der Waals surface area (Å²) in [6.07, 6.45) is 7.58. The van der Waals surface area contributed by atoms with Crippen LogP contribution in [0, 0.1) is 17.8 Å². The number of fused-ring (bicyclic) bond motifs is 3. The number of aromatic nitrogens is 2. The van der Waals surface area contributed by atoms with Crippen molar-refractivity contribution in [3.8, 4) is 0 Å². The Labute approximate surface area is 184 Å². The molecular formula is C24H36N4OS. The molecule has 4 atom stereocenters. The van der Waals surface area contributed by atoms with E-state index in [9.17, 15) is 0 Å². The Morgan fingerprint density at radius 3 is 2.77 bits per heavy atom. The van der Waals surface area contributed by atoms with Gasteiger partial charge in [0, 0.05) is 24.0 Å². The highest BCUT2D eigenvalue weighted by Crippen LogP contribution is 2.41. The highest BCUT2D eigenvalue weighted by Gasteiger charge is 2.30. The number of aryl methyl sites for hydroxylation is 1. The summed E-state index contributed by atoms with van der Waals surface area (Å²) in [7, 11) is 0. The Morgan fingerprint density at radius 2 is 1.93 bits per heavy atom. The standard InChI is InChI=1S/C24H36N4OS/c1-15-7-8-18-20(13-15)30-24-22(18)23(25-19-6-4-5-16(2)17(19)3)26-21(27-24)14-28-9-11-29-12-10-28/h15-17,19H,4-14H2,1-3H3,(H,25,26,27)/t15-,16+,17-,19+/m0/s1. The van der Waals surface area contributed by atoms with Crippen LogP contribution >= 0.6 is 11.3 Å². The number of morpholine rings is 1. The van der Waals surface area contributed by atoms with Crippen molar-refractivity contribution in [3.05, 3.63) is 16.3 Å². The summed E-state index contributed by atoms with van der Waals surface area (Å²) in [5.41, 5.74) is 1.53. The van der Waals surface area contributed by atoms with Gasteiger partial charge >= 0.3 is 0 Å². The van der Waals surface area contributed by atoms with Crippen LogP contribution < -0.4 is 5.32 Å². The van der Waals surface area contributed by atoms with Crippen molar-refractivity contribution in [1.29, 1.82) is 0 Å². The summed E-state index contributed by atoms with van der Waals surface area (Å²) in [6.45, 7) is 11.6. The number of anilines is 1. The summed E-state index contributed by atoms with van der Waals surface area (Å²) in [4.78, 5) is 15.4. The Hall–Kier alpha value is -1.24. The number of hydrogen-bond acceptors (Lipinski definition) is 6. The van der Waals surface area contributed by atoms with E-state index in [0.29, 0.717) is 12.0 Å². The number of nitrogens with zero attached hydrogens (tertiary/aromatic N) is 3. The first kappa shape index (κ1) is 20.7. The van der Waals surface area contributed by atoms with E-state index in [1.807, 2.05) is 11.3 Å². The van der Waals surface area contributed by atoms with Gasteiger partial charge < -0.3 is 10.1 Å². The molecule has 0 amide bonds. The van der Waals surface area contributed by atoms with Gasteiger partial charge in [-0.05, 0) is 49.0 Å². The summed E-state index contributed by atoms with van der Waals surface area (Å²) in [5, 5.41) is 5.27. The number of nitrogens with one attached hydrogen (secondary N) is 1. The molecule has 1 saturated carbocycles. The smallest absolute Gasteiger partial charge is 0.146 e. The van der Waals surface area contributed by atoms with Crippen LogP contribution in [0.25, 0.3) is 10.2 Å². The van der Waals surface area contributed by atoms with Gasteiger partial charge in [0.1, 0.15) is 16.5 Å². The van der Waals surface area contributed by atoms with Crippen molar-refractivity contribution in [2.45, 2.75) is 71.9 Å². The Bertz CT molecular complexity index is 891. The summed E-state index contributed by atoms with van der Waals surface area (Å²) in [6, 6.07) is 0.515. The molecule has 0 radical (unpaired) electrons. The average Bonchev–Trinajstić information content (AvgIpc) is 3.09. The van der Waals surface area contributed by atoms with Gasteiger partial charge in [-0.1, -0.05) is 33.6 Å². The predicted octanol–water partition coefficient (Wildman–Crippen LogP) is 4.88. The summed E-state index contributed by atoms with van der Waals surface area (Å²) >= 11 is 1.92. The molecule has 2 aromatic rings. The van der Waals surface area contributed by atoms with Crippen molar-refractivity contribution in [2.24, 2.45) is 17.8 Å². The second kappa shape index (κ2) is 8.71. The number of ether oxygens (including phenoxy) is 1. The first-order chi connectivity index (χ1) is 14.6. The van der Waals surface area contributed by atoms with Gasteiger partial charge in [0.25, 0.3) is 0 Å². The molecule has 30 heavy (non-hydrogen) atoms. The lowest BCUT2D eigenvalue weighted by atomic mass is 9.78. The number of hydrogen-bond donors (Lipinski definition) is 1. The minimum atomic E-state index is 0.515. The van der Waals surface area contributed by atoms with E-state index >= 15 is 0 Å². The number of rotatable bonds is 4. The summed E-state index contributed by atoms with van der Waals surface area (Å²) < 4.78 is 5.53. The first-order valence-electron chi connectivity index (χ1n) is 12.0. The van der Waals surface area contributed by atoms with Crippen LogP contribution in [-0.2, 0) is 24.1 Å². The van der Waals surface area contributed by atoms with E-state index in [1.165, 1.54) is 54.3 Å². The van der Waals surface area contributed by atoms with Crippen molar-refractivity contribution >= 4 is 27.4 Å². The fourth-order valence-corrected chi connectivity index (χ4v) is 6.88. The normalized spacial score (nSPS) is 30.4. The lowest BCUT2D eigenvalue weighted by Crippen LogP contribution is -2.37. The molecule has 1 N–H and O–H groups in total. The zero-order valence-electron chi connectivity index (χ0n) is 18.7. The Morgan fingerprint density at radius 1 is 1.10 bits per heavy atom. The van der Waals surface area contributed by atoms with Crippen LogP contribution in [-0.4, -0.2) is 47.2 Å². The molecule has 3 heterocycles. The average molecular weight is 429 g/mol. The van der Waals surface area contributed by atoms with Crippen LogP contribution in [0.5, 0.6) is 0 Å². The first-order valence-corrected chi connectivity index (χ1v) is 12.8. The van der Waals surface area contributed by atoms with Crippen molar-refractivity contribution in [1.82, 2.24) is 14.9 Å². The maximum atomic E-state index is 5.53.